The first-order valence-electron chi connectivity index (χ1n) is 16.8. The van der Waals surface area contributed by atoms with Crippen LogP contribution in [0, 0.1) is 17.8 Å². The first kappa shape index (κ1) is 43.8. The Bertz CT molecular complexity index is 1340. The van der Waals surface area contributed by atoms with Crippen LogP contribution in [0.2, 0.25) is 0 Å². The summed E-state index contributed by atoms with van der Waals surface area (Å²) in [6.45, 7) is 8.51. The summed E-state index contributed by atoms with van der Waals surface area (Å²) in [4.78, 5) is 103. The zero-order chi connectivity index (χ0) is 38.5. The third-order valence-corrected chi connectivity index (χ3v) is 6.73. The predicted molar refractivity (Wildman–Crippen MR) is 186 cm³/mol. The van der Waals surface area contributed by atoms with E-state index in [9.17, 15) is 38.4 Å². The summed E-state index contributed by atoms with van der Waals surface area (Å²) in [5, 5.41) is 18.3. The van der Waals surface area contributed by atoms with E-state index in [2.05, 4.69) is 21.3 Å². The molecule has 0 aliphatic rings. The van der Waals surface area contributed by atoms with E-state index in [1.165, 1.54) is 14.7 Å². The van der Waals surface area contributed by atoms with Crippen LogP contribution in [-0.2, 0) is 44.9 Å². The lowest BCUT2D eigenvalue weighted by atomic mass is 10.2. The monoisotopic (exact) mass is 719 g/mol. The summed E-state index contributed by atoms with van der Waals surface area (Å²) in [7, 11) is 0. The average molecular weight is 720 g/mol. The SMILES string of the molecule is CC(C)CN(CC(=O)NCC(=O)O)C(=O)CNC(=O)CN(CC(C)C)C(=O)CNC(=O)CN(CC(C)C)C(=O)CNC(=O)OCc1ccccc1. The van der Waals surface area contributed by atoms with Gasteiger partial charge in [-0.05, 0) is 23.3 Å². The van der Waals surface area contributed by atoms with E-state index in [1.807, 2.05) is 47.6 Å². The van der Waals surface area contributed by atoms with E-state index >= 15 is 0 Å². The van der Waals surface area contributed by atoms with Gasteiger partial charge in [0, 0.05) is 19.6 Å². The molecule has 1 aromatic rings. The van der Waals surface area contributed by atoms with E-state index in [4.69, 9.17) is 9.84 Å². The van der Waals surface area contributed by atoms with Crippen LogP contribution in [0.1, 0.15) is 47.1 Å². The van der Waals surface area contributed by atoms with Gasteiger partial charge in [-0.3, -0.25) is 33.6 Å². The lowest BCUT2D eigenvalue weighted by Gasteiger charge is -2.26. The molecule has 0 unspecified atom stereocenters. The molecule has 0 saturated heterocycles. The maximum Gasteiger partial charge on any atom is 0.407 e. The number of benzene rings is 1. The Hall–Kier alpha value is -5.22. The zero-order valence-corrected chi connectivity index (χ0v) is 30.4. The minimum atomic E-state index is -1.23. The first-order chi connectivity index (χ1) is 24.0. The number of carbonyl (C=O) groups is 8. The van der Waals surface area contributed by atoms with Crippen molar-refractivity contribution < 1.29 is 48.2 Å². The number of rotatable bonds is 22. The van der Waals surface area contributed by atoms with Crippen LogP contribution in [0.15, 0.2) is 30.3 Å². The Balaban J connectivity index is 2.70. The van der Waals surface area contributed by atoms with E-state index in [-0.39, 0.29) is 50.5 Å². The quantitative estimate of drug-likeness (QED) is 0.106. The van der Waals surface area contributed by atoms with Gasteiger partial charge >= 0.3 is 12.1 Å². The topological polar surface area (TPSA) is 224 Å². The van der Waals surface area contributed by atoms with Crippen molar-refractivity contribution in [1.82, 2.24) is 36.0 Å². The normalized spacial score (nSPS) is 10.7. The molecule has 0 radical (unpaired) electrons. The molecule has 0 aliphatic heterocycles. The van der Waals surface area contributed by atoms with Gasteiger partial charge in [0.05, 0.1) is 32.7 Å². The number of ether oxygens (including phenoxy) is 1. The fourth-order valence-corrected chi connectivity index (χ4v) is 4.55. The molecule has 0 spiro atoms. The molecule has 0 fully saturated rings. The Kier molecular flexibility index (Phi) is 20.0. The molecule has 1 aromatic carbocycles. The van der Waals surface area contributed by atoms with Crippen molar-refractivity contribution in [3.8, 4) is 0 Å². The summed E-state index contributed by atoms with van der Waals surface area (Å²) in [5.74, 6) is -4.91. The largest absolute Gasteiger partial charge is 0.480 e. The molecule has 0 heterocycles. The fraction of sp³-hybridized carbons (Fsp3) is 0.588. The van der Waals surface area contributed by atoms with Gasteiger partial charge in [0.15, 0.2) is 0 Å². The summed E-state index contributed by atoms with van der Waals surface area (Å²) >= 11 is 0. The van der Waals surface area contributed by atoms with Crippen molar-refractivity contribution in [1.29, 1.82) is 0 Å². The summed E-state index contributed by atoms with van der Waals surface area (Å²) in [6.07, 6.45) is -0.793. The number of nitrogens with zero attached hydrogens (tertiary/aromatic N) is 3. The number of carboxylic acid groups (broad SMARTS) is 1. The second-order valence-electron chi connectivity index (χ2n) is 13.1. The van der Waals surface area contributed by atoms with Gasteiger partial charge in [0.25, 0.3) is 0 Å². The number of hydrogen-bond donors (Lipinski definition) is 5. The molecule has 0 saturated carbocycles. The van der Waals surface area contributed by atoms with Crippen molar-refractivity contribution in [2.45, 2.75) is 48.1 Å². The number of aliphatic carboxylic acids is 1. The maximum absolute atomic E-state index is 13.1. The molecule has 284 valence electrons. The van der Waals surface area contributed by atoms with Crippen LogP contribution >= 0.6 is 0 Å². The summed E-state index contributed by atoms with van der Waals surface area (Å²) in [6, 6.07) is 9.01. The molecule has 51 heavy (non-hydrogen) atoms. The molecule has 1 rings (SSSR count). The average Bonchev–Trinajstić information content (AvgIpc) is 3.05. The van der Waals surface area contributed by atoms with Gasteiger partial charge in [0.1, 0.15) is 19.7 Å². The lowest BCUT2D eigenvalue weighted by Crippen LogP contribution is -2.51. The number of carbonyl (C=O) groups excluding carboxylic acids is 7. The fourth-order valence-electron chi connectivity index (χ4n) is 4.55. The van der Waals surface area contributed by atoms with Gasteiger partial charge in [0.2, 0.25) is 35.4 Å². The van der Waals surface area contributed by atoms with Crippen molar-refractivity contribution in [2.24, 2.45) is 17.8 Å². The summed E-state index contributed by atoms with van der Waals surface area (Å²) in [5.41, 5.74) is 0.776. The molecule has 0 bridgehead atoms. The first-order valence-corrected chi connectivity index (χ1v) is 16.8. The van der Waals surface area contributed by atoms with Gasteiger partial charge < -0.3 is 45.8 Å². The van der Waals surface area contributed by atoms with E-state index in [1.54, 1.807) is 24.3 Å². The van der Waals surface area contributed by atoms with Crippen LogP contribution in [-0.4, -0.2) is 133 Å². The highest BCUT2D eigenvalue weighted by molar-refractivity contribution is 5.92. The number of carboxylic acids is 1. The van der Waals surface area contributed by atoms with Crippen molar-refractivity contribution >= 4 is 47.5 Å². The Morgan fingerprint density at radius 1 is 0.569 bits per heavy atom. The molecule has 5 N–H and O–H groups in total. The smallest absolute Gasteiger partial charge is 0.407 e. The molecule has 17 heteroatoms. The second kappa shape index (κ2) is 23.2. The molecule has 0 aliphatic carbocycles. The maximum atomic E-state index is 13.1. The third kappa shape index (κ3) is 20.1. The predicted octanol–water partition coefficient (Wildman–Crippen LogP) is -0.200. The van der Waals surface area contributed by atoms with Crippen LogP contribution in [0.3, 0.4) is 0 Å². The van der Waals surface area contributed by atoms with Crippen LogP contribution < -0.4 is 21.3 Å². The zero-order valence-electron chi connectivity index (χ0n) is 30.4. The number of amides is 7. The van der Waals surface area contributed by atoms with Gasteiger partial charge in [-0.25, -0.2) is 4.79 Å². The van der Waals surface area contributed by atoms with Crippen molar-refractivity contribution in [2.75, 3.05) is 65.4 Å². The highest BCUT2D eigenvalue weighted by Gasteiger charge is 2.24. The lowest BCUT2D eigenvalue weighted by molar-refractivity contribution is -0.140. The van der Waals surface area contributed by atoms with E-state index < -0.39 is 86.8 Å². The standard InChI is InChI=1S/C34H53N7O10/c1-23(2)16-39(19-27(42)35-13-31(46)40(17-24(3)4)21-29(44)37-15-33(48)49)30(45)12-36-28(43)20-41(18-25(5)6)32(47)14-38-34(50)51-22-26-10-8-7-9-11-26/h7-11,23-25H,12-22H2,1-6H3,(H,35,42)(H,36,43)(H,37,44)(H,38,50)(H,48,49). The van der Waals surface area contributed by atoms with Gasteiger partial charge in [-0.1, -0.05) is 71.9 Å². The highest BCUT2D eigenvalue weighted by atomic mass is 16.5. The minimum absolute atomic E-state index is 0.00752. The van der Waals surface area contributed by atoms with Crippen LogP contribution in [0.25, 0.3) is 0 Å². The highest BCUT2D eigenvalue weighted by Crippen LogP contribution is 2.04. The molecular weight excluding hydrogens is 666 g/mol. The van der Waals surface area contributed by atoms with Crippen molar-refractivity contribution in [3.05, 3.63) is 35.9 Å². The summed E-state index contributed by atoms with van der Waals surface area (Å²) < 4.78 is 5.12. The molecule has 0 atom stereocenters. The molecule has 17 nitrogen and oxygen atoms in total. The minimum Gasteiger partial charge on any atom is -0.480 e. The van der Waals surface area contributed by atoms with E-state index in [0.29, 0.717) is 0 Å². The van der Waals surface area contributed by atoms with Crippen LogP contribution in [0.5, 0.6) is 0 Å². The van der Waals surface area contributed by atoms with Crippen LogP contribution in [0.4, 0.5) is 4.79 Å². The van der Waals surface area contributed by atoms with Gasteiger partial charge in [-0.2, -0.15) is 0 Å². The number of nitrogens with one attached hydrogen (secondary N) is 4. The molecule has 7 amide bonds. The van der Waals surface area contributed by atoms with Crippen molar-refractivity contribution in [3.63, 3.8) is 0 Å². The molecule has 0 aromatic heterocycles. The Labute approximate surface area is 298 Å². The Morgan fingerprint density at radius 3 is 1.27 bits per heavy atom. The number of hydrogen-bond acceptors (Lipinski definition) is 9. The van der Waals surface area contributed by atoms with E-state index in [0.717, 1.165) is 5.56 Å². The van der Waals surface area contributed by atoms with Gasteiger partial charge in [-0.15, -0.1) is 0 Å². The number of alkyl carbamates (subject to hydrolysis) is 1. The third-order valence-electron chi connectivity index (χ3n) is 6.73. The Morgan fingerprint density at radius 2 is 0.922 bits per heavy atom. The molecular formula is C34H53N7O10. The second-order valence-corrected chi connectivity index (χ2v) is 13.1.